The number of carbonyl (C=O) groups excluding carboxylic acids is 1. The van der Waals surface area contributed by atoms with Crippen molar-refractivity contribution in [3.63, 3.8) is 0 Å². The lowest BCUT2D eigenvalue weighted by Gasteiger charge is -1.99. The highest BCUT2D eigenvalue weighted by molar-refractivity contribution is 6.00. The fraction of sp³-hybridized carbons (Fsp3) is 0.0714. The van der Waals surface area contributed by atoms with Gasteiger partial charge < -0.3 is 4.98 Å². The summed E-state index contributed by atoms with van der Waals surface area (Å²) in [6.07, 6.45) is 4.25. The maximum Gasteiger partial charge on any atom is 0.320 e. The van der Waals surface area contributed by atoms with E-state index in [4.69, 9.17) is 0 Å². The summed E-state index contributed by atoms with van der Waals surface area (Å²) in [6.45, 7) is 0. The van der Waals surface area contributed by atoms with E-state index in [2.05, 4.69) is 20.6 Å². The van der Waals surface area contributed by atoms with Crippen LogP contribution in [0, 0.1) is 10.1 Å². The second kappa shape index (κ2) is 5.72. The maximum absolute atomic E-state index is 12.0. The average Bonchev–Trinajstić information content (AvgIpc) is 3.11. The van der Waals surface area contributed by atoms with Gasteiger partial charge in [0, 0.05) is 29.7 Å². The first-order valence-corrected chi connectivity index (χ1v) is 6.64. The number of nitrogens with one attached hydrogen (secondary N) is 2. The minimum Gasteiger partial charge on any atom is -0.361 e. The van der Waals surface area contributed by atoms with Crippen LogP contribution in [0.15, 0.2) is 41.8 Å². The molecule has 0 atom stereocenters. The van der Waals surface area contributed by atoms with Crippen LogP contribution in [0.1, 0.15) is 16.1 Å². The third-order valence-electron chi connectivity index (χ3n) is 3.32. The van der Waals surface area contributed by atoms with Crippen LogP contribution < -0.4 is 5.43 Å². The molecule has 0 spiro atoms. The van der Waals surface area contributed by atoms with E-state index in [1.165, 1.54) is 13.3 Å². The van der Waals surface area contributed by atoms with Crippen molar-refractivity contribution in [2.45, 2.75) is 0 Å². The molecule has 2 N–H and O–H groups in total. The second-order valence-corrected chi connectivity index (χ2v) is 4.75. The summed E-state index contributed by atoms with van der Waals surface area (Å²) in [5.41, 5.74) is 3.49. The molecule has 0 aliphatic rings. The Kier molecular flexibility index (Phi) is 3.59. The zero-order valence-corrected chi connectivity index (χ0v) is 12.1. The van der Waals surface area contributed by atoms with E-state index in [0.717, 1.165) is 27.3 Å². The summed E-state index contributed by atoms with van der Waals surface area (Å²) in [5, 5.41) is 19.4. The largest absolute Gasteiger partial charge is 0.361 e. The molecular formula is C14H12N6O3. The lowest BCUT2D eigenvalue weighted by atomic mass is 10.2. The molecule has 0 aliphatic heterocycles. The predicted octanol–water partition coefficient (Wildman–Crippen LogP) is 1.57. The van der Waals surface area contributed by atoms with Gasteiger partial charge in [-0.3, -0.25) is 19.6 Å². The van der Waals surface area contributed by atoms with Crippen molar-refractivity contribution in [2.75, 3.05) is 0 Å². The number of hydrazone groups is 1. The zero-order chi connectivity index (χ0) is 16.4. The predicted molar refractivity (Wildman–Crippen MR) is 83.2 cm³/mol. The van der Waals surface area contributed by atoms with E-state index >= 15 is 0 Å². The number of aromatic amines is 1. The molecule has 0 saturated carbocycles. The monoisotopic (exact) mass is 312 g/mol. The molecule has 116 valence electrons. The highest BCUT2D eigenvalue weighted by Gasteiger charge is 2.25. The molecule has 0 bridgehead atoms. The van der Waals surface area contributed by atoms with Crippen LogP contribution in [0.5, 0.6) is 0 Å². The van der Waals surface area contributed by atoms with Crippen LogP contribution in [-0.4, -0.2) is 31.8 Å². The Morgan fingerprint density at radius 2 is 2.26 bits per heavy atom. The van der Waals surface area contributed by atoms with Gasteiger partial charge in [0.15, 0.2) is 0 Å². The summed E-state index contributed by atoms with van der Waals surface area (Å²) in [6, 6.07) is 7.64. The highest BCUT2D eigenvalue weighted by atomic mass is 16.6. The van der Waals surface area contributed by atoms with Crippen molar-refractivity contribution in [1.82, 2.24) is 20.2 Å². The molecule has 1 aromatic carbocycles. The number of aromatic nitrogens is 3. The number of hydrogen-bond acceptors (Lipinski definition) is 5. The Bertz CT molecular complexity index is 924. The average molecular weight is 312 g/mol. The molecule has 3 aromatic rings. The van der Waals surface area contributed by atoms with E-state index in [9.17, 15) is 14.9 Å². The molecule has 0 radical (unpaired) electrons. The number of aryl methyl sites for hydroxylation is 1. The summed E-state index contributed by atoms with van der Waals surface area (Å²) in [5.74, 6) is -0.701. The molecule has 1 amide bonds. The number of amides is 1. The fourth-order valence-electron chi connectivity index (χ4n) is 2.24. The van der Waals surface area contributed by atoms with Gasteiger partial charge >= 0.3 is 5.69 Å². The third-order valence-corrected chi connectivity index (χ3v) is 3.32. The van der Waals surface area contributed by atoms with E-state index < -0.39 is 10.8 Å². The fourth-order valence-corrected chi connectivity index (χ4v) is 2.24. The van der Waals surface area contributed by atoms with Crippen LogP contribution in [0.4, 0.5) is 5.69 Å². The van der Waals surface area contributed by atoms with Crippen LogP contribution in [0.3, 0.4) is 0 Å². The van der Waals surface area contributed by atoms with E-state index in [1.54, 1.807) is 6.20 Å². The Morgan fingerprint density at radius 1 is 1.48 bits per heavy atom. The summed E-state index contributed by atoms with van der Waals surface area (Å²) >= 11 is 0. The molecule has 3 rings (SSSR count). The number of H-pyrrole nitrogens is 1. The SMILES string of the molecule is Cn1ncc([N+](=O)[O-])c1C(=O)NN=Cc1c[nH]c2ccccc12. The lowest BCUT2D eigenvalue weighted by Crippen LogP contribution is -2.22. The third kappa shape index (κ3) is 2.67. The highest BCUT2D eigenvalue weighted by Crippen LogP contribution is 2.17. The molecule has 0 aliphatic carbocycles. The number of nitro groups is 1. The van der Waals surface area contributed by atoms with Crippen LogP contribution >= 0.6 is 0 Å². The number of benzene rings is 1. The van der Waals surface area contributed by atoms with E-state index in [-0.39, 0.29) is 11.4 Å². The molecular weight excluding hydrogens is 300 g/mol. The van der Waals surface area contributed by atoms with Crippen molar-refractivity contribution >= 4 is 28.7 Å². The van der Waals surface area contributed by atoms with Gasteiger partial charge in [-0.15, -0.1) is 0 Å². The van der Waals surface area contributed by atoms with Crippen LogP contribution in [0.2, 0.25) is 0 Å². The van der Waals surface area contributed by atoms with Gasteiger partial charge in [-0.05, 0) is 6.07 Å². The van der Waals surface area contributed by atoms with Crippen molar-refractivity contribution in [2.24, 2.45) is 12.1 Å². The molecule has 0 fully saturated rings. The smallest absolute Gasteiger partial charge is 0.320 e. The minimum atomic E-state index is -0.701. The Hall–Kier alpha value is -3.49. The quantitative estimate of drug-likeness (QED) is 0.432. The molecule has 9 heteroatoms. The first-order chi connectivity index (χ1) is 11.1. The van der Waals surface area contributed by atoms with Crippen molar-refractivity contribution in [3.05, 3.63) is 58.0 Å². The molecule has 0 saturated heterocycles. The lowest BCUT2D eigenvalue weighted by molar-refractivity contribution is -0.385. The van der Waals surface area contributed by atoms with Crippen molar-refractivity contribution < 1.29 is 9.72 Å². The van der Waals surface area contributed by atoms with Gasteiger partial charge in [-0.2, -0.15) is 10.2 Å². The second-order valence-electron chi connectivity index (χ2n) is 4.75. The standard InChI is InChI=1S/C14H12N6O3/c1-19-13(12(8-17-19)20(22)23)14(21)18-16-7-9-6-15-11-5-3-2-4-10(9)11/h2-8,15H,1H3,(H,18,21). The molecule has 2 aromatic heterocycles. The van der Waals surface area contributed by atoms with E-state index in [1.807, 2.05) is 24.3 Å². The van der Waals surface area contributed by atoms with Crippen LogP contribution in [0.25, 0.3) is 10.9 Å². The summed E-state index contributed by atoms with van der Waals surface area (Å²) in [7, 11) is 1.45. The summed E-state index contributed by atoms with van der Waals surface area (Å²) in [4.78, 5) is 25.3. The van der Waals surface area contributed by atoms with Gasteiger partial charge in [0.05, 0.1) is 11.1 Å². The number of carbonyl (C=O) groups is 1. The first-order valence-electron chi connectivity index (χ1n) is 6.64. The van der Waals surface area contributed by atoms with E-state index in [0.29, 0.717) is 0 Å². The Morgan fingerprint density at radius 3 is 3.04 bits per heavy atom. The Balaban J connectivity index is 1.79. The molecule has 9 nitrogen and oxygen atoms in total. The van der Waals surface area contributed by atoms with Crippen molar-refractivity contribution in [1.29, 1.82) is 0 Å². The van der Waals surface area contributed by atoms with Gasteiger partial charge in [0.1, 0.15) is 6.20 Å². The Labute approximate surface area is 129 Å². The topological polar surface area (TPSA) is 118 Å². The number of fused-ring (bicyclic) bond motifs is 1. The number of nitrogens with zero attached hydrogens (tertiary/aromatic N) is 4. The molecule has 2 heterocycles. The minimum absolute atomic E-state index is 0.161. The van der Waals surface area contributed by atoms with Gasteiger partial charge in [0.2, 0.25) is 5.69 Å². The number of para-hydroxylation sites is 1. The normalized spacial score (nSPS) is 11.2. The van der Waals surface area contributed by atoms with Crippen molar-refractivity contribution in [3.8, 4) is 0 Å². The summed E-state index contributed by atoms with van der Waals surface area (Å²) < 4.78 is 1.13. The number of hydrogen-bond donors (Lipinski definition) is 2. The van der Waals surface area contributed by atoms with Crippen LogP contribution in [-0.2, 0) is 7.05 Å². The zero-order valence-electron chi connectivity index (χ0n) is 12.1. The maximum atomic E-state index is 12.0. The first kappa shape index (κ1) is 14.4. The van der Waals surface area contributed by atoms with Gasteiger partial charge in [0.25, 0.3) is 5.91 Å². The molecule has 0 unspecified atom stereocenters. The van der Waals surface area contributed by atoms with Gasteiger partial charge in [-0.1, -0.05) is 18.2 Å². The molecule has 23 heavy (non-hydrogen) atoms. The van der Waals surface area contributed by atoms with Gasteiger partial charge in [-0.25, -0.2) is 5.43 Å². The number of rotatable bonds is 4.